The van der Waals surface area contributed by atoms with Crippen LogP contribution < -0.4 is 0 Å². The van der Waals surface area contributed by atoms with Crippen LogP contribution >= 0.6 is 0 Å². The third-order valence-corrected chi connectivity index (χ3v) is 16.0. The SMILES string of the molecule is CC[C@H]1OC(=O)[C@H](C)[C@@H](O[C@H]2C[C@@](C)(OC)[C@@H](O)[C@H](C)O2)[C@H](C)[C@@H](O[C@@H]2O[C@H](C)C[C@H](N(C)C)[C@H]2O)[C@](C)(O)C[C@@H](C)CN(CCCCc2cn(CCc3c[nH]c4ccccc34)nn2)[C@H](C)[C@@H](O)[C@]1(C)O. The average molecular weight is 1000 g/mol. The average Bonchev–Trinajstić information content (AvgIpc) is 3.96. The monoisotopic (exact) mass is 1000 g/mol. The van der Waals surface area contributed by atoms with E-state index in [0.29, 0.717) is 32.5 Å². The lowest BCUT2D eigenvalue weighted by Crippen LogP contribution is -2.60. The van der Waals surface area contributed by atoms with Gasteiger partial charge in [-0.1, -0.05) is 44.2 Å². The molecule has 0 amide bonds. The van der Waals surface area contributed by atoms with Crippen molar-refractivity contribution < 1.29 is 58.7 Å². The number of likely N-dealkylation sites (N-methyl/N-ethyl adjacent to an activating group) is 1. The van der Waals surface area contributed by atoms with Crippen molar-refractivity contribution in [1.82, 2.24) is 29.8 Å². The molecule has 1 aromatic carbocycles. The van der Waals surface area contributed by atoms with Gasteiger partial charge in [-0.2, -0.15) is 0 Å². The van der Waals surface area contributed by atoms with Gasteiger partial charge in [0.1, 0.15) is 30.0 Å². The number of nitrogens with zero attached hydrogens (tertiary/aromatic N) is 5. The predicted octanol–water partition coefficient (Wildman–Crippen LogP) is 4.61. The molecule has 3 aromatic rings. The summed E-state index contributed by atoms with van der Waals surface area (Å²) in [6, 6.07) is 7.35. The summed E-state index contributed by atoms with van der Waals surface area (Å²) in [6.45, 7) is 19.5. The maximum absolute atomic E-state index is 14.6. The van der Waals surface area contributed by atoms with E-state index < -0.39 is 96.0 Å². The molecule has 0 aliphatic carbocycles. The second-order valence-electron chi connectivity index (χ2n) is 22.3. The molecule has 3 fully saturated rings. The summed E-state index contributed by atoms with van der Waals surface area (Å²) in [5.74, 6) is -2.74. The second-order valence-corrected chi connectivity index (χ2v) is 22.3. The number of aliphatic hydroxyl groups is 5. The first-order valence-corrected chi connectivity index (χ1v) is 26.1. The number of methoxy groups -OCH3 is 1. The summed E-state index contributed by atoms with van der Waals surface area (Å²) >= 11 is 0. The molecule has 3 aliphatic rings. The van der Waals surface area contributed by atoms with Gasteiger partial charge in [0, 0.05) is 67.9 Å². The molecule has 2 aromatic heterocycles. The zero-order chi connectivity index (χ0) is 52.2. The minimum absolute atomic E-state index is 0.115. The first-order chi connectivity index (χ1) is 33.4. The number of aromatic nitrogens is 4. The summed E-state index contributed by atoms with van der Waals surface area (Å²) in [5.41, 5.74) is -1.31. The van der Waals surface area contributed by atoms with Gasteiger partial charge in [-0.25, -0.2) is 0 Å². The Morgan fingerprint density at radius 3 is 2.34 bits per heavy atom. The number of hydrogen-bond acceptors (Lipinski definition) is 16. The number of fused-ring (bicyclic) bond motifs is 1. The first kappa shape index (κ1) is 57.2. The predicted molar refractivity (Wildman–Crippen MR) is 268 cm³/mol. The van der Waals surface area contributed by atoms with E-state index in [2.05, 4.69) is 38.5 Å². The van der Waals surface area contributed by atoms with Crippen molar-refractivity contribution in [2.75, 3.05) is 34.3 Å². The Hall–Kier alpha value is -3.11. The molecule has 3 saturated heterocycles. The van der Waals surface area contributed by atoms with Crippen LogP contribution in [0.3, 0.4) is 0 Å². The highest BCUT2D eigenvalue weighted by Crippen LogP contribution is 2.40. The number of rotatable bonds is 15. The molecule has 0 radical (unpaired) electrons. The Bertz CT molecular complexity index is 2130. The maximum Gasteiger partial charge on any atom is 0.311 e. The van der Waals surface area contributed by atoms with Crippen LogP contribution in [0, 0.1) is 17.8 Å². The minimum Gasteiger partial charge on any atom is -0.459 e. The van der Waals surface area contributed by atoms with E-state index in [1.54, 1.807) is 34.6 Å². The van der Waals surface area contributed by atoms with E-state index in [0.717, 1.165) is 30.5 Å². The lowest BCUT2D eigenvalue weighted by Gasteiger charge is -2.48. The fourth-order valence-electron chi connectivity index (χ4n) is 11.7. The van der Waals surface area contributed by atoms with Gasteiger partial charge in [-0.3, -0.25) is 14.4 Å². The summed E-state index contributed by atoms with van der Waals surface area (Å²) in [6.07, 6.45) is -1.59. The van der Waals surface area contributed by atoms with Crippen LogP contribution in [0.25, 0.3) is 10.9 Å². The van der Waals surface area contributed by atoms with E-state index in [1.165, 1.54) is 25.0 Å². The number of carbonyl (C=O) groups is 1. The lowest BCUT2D eigenvalue weighted by atomic mass is 9.77. The van der Waals surface area contributed by atoms with Crippen molar-refractivity contribution in [3.05, 3.63) is 47.9 Å². The number of hydrogen-bond donors (Lipinski definition) is 6. The highest BCUT2D eigenvalue weighted by molar-refractivity contribution is 5.83. The zero-order valence-electron chi connectivity index (χ0n) is 44.7. The smallest absolute Gasteiger partial charge is 0.311 e. The van der Waals surface area contributed by atoms with Gasteiger partial charge >= 0.3 is 5.97 Å². The van der Waals surface area contributed by atoms with Crippen LogP contribution in [0.1, 0.15) is 119 Å². The Morgan fingerprint density at radius 1 is 0.930 bits per heavy atom. The molecule has 0 bridgehead atoms. The van der Waals surface area contributed by atoms with E-state index in [4.69, 9.17) is 28.4 Å². The van der Waals surface area contributed by atoms with Crippen LogP contribution in [-0.2, 0) is 52.6 Å². The Morgan fingerprint density at radius 2 is 1.65 bits per heavy atom. The number of cyclic esters (lactones) is 1. The van der Waals surface area contributed by atoms with Crippen LogP contribution in [0.2, 0.25) is 0 Å². The van der Waals surface area contributed by atoms with Gasteiger partial charge in [0.2, 0.25) is 0 Å². The summed E-state index contributed by atoms with van der Waals surface area (Å²) in [4.78, 5) is 22.0. The topological polar surface area (TPSA) is 227 Å². The van der Waals surface area contributed by atoms with Crippen LogP contribution in [0.4, 0.5) is 0 Å². The van der Waals surface area contributed by atoms with Gasteiger partial charge in [-0.05, 0) is 132 Å². The number of unbranched alkanes of at least 4 members (excludes halogenated alkanes) is 1. The molecule has 0 unspecified atom stereocenters. The van der Waals surface area contributed by atoms with Crippen LogP contribution in [-0.4, -0.2) is 186 Å². The number of nitrogens with one attached hydrogen (secondary N) is 1. The zero-order valence-corrected chi connectivity index (χ0v) is 44.7. The normalized spacial score (nSPS) is 39.6. The van der Waals surface area contributed by atoms with Crippen LogP contribution in [0.5, 0.6) is 0 Å². The first-order valence-electron chi connectivity index (χ1n) is 26.1. The number of aromatic amines is 1. The van der Waals surface area contributed by atoms with Crippen molar-refractivity contribution in [3.8, 4) is 0 Å². The second kappa shape index (κ2) is 24.0. The molecule has 71 heavy (non-hydrogen) atoms. The number of ether oxygens (including phenoxy) is 6. The molecule has 3 aliphatic heterocycles. The van der Waals surface area contributed by atoms with Crippen molar-refractivity contribution in [2.24, 2.45) is 17.8 Å². The molecule has 18 atom stereocenters. The maximum atomic E-state index is 14.6. The molecule has 6 rings (SSSR count). The summed E-state index contributed by atoms with van der Waals surface area (Å²) in [5, 5.41) is 70.4. The summed E-state index contributed by atoms with van der Waals surface area (Å²) in [7, 11) is 5.30. The van der Waals surface area contributed by atoms with Crippen molar-refractivity contribution in [1.29, 1.82) is 0 Å². The Kier molecular flexibility index (Phi) is 19.4. The number of esters is 1. The molecule has 18 heteroatoms. The molecular weight excluding hydrogens is 913 g/mol. The fourth-order valence-corrected chi connectivity index (χ4v) is 11.7. The Labute approximate surface area is 421 Å². The molecule has 0 saturated carbocycles. The number of aryl methyl sites for hydroxylation is 3. The molecule has 18 nitrogen and oxygen atoms in total. The van der Waals surface area contributed by atoms with E-state index in [1.807, 2.05) is 69.7 Å². The van der Waals surface area contributed by atoms with E-state index in [-0.39, 0.29) is 37.3 Å². The number of benzene rings is 1. The lowest BCUT2D eigenvalue weighted by molar-refractivity contribution is -0.318. The number of aliphatic hydroxyl groups excluding tert-OH is 3. The minimum atomic E-state index is -1.87. The number of H-pyrrole nitrogens is 1. The highest BCUT2D eigenvalue weighted by Gasteiger charge is 2.53. The van der Waals surface area contributed by atoms with E-state index in [9.17, 15) is 30.3 Å². The van der Waals surface area contributed by atoms with Gasteiger partial charge in [-0.15, -0.1) is 5.10 Å². The number of carbonyl (C=O) groups excluding carboxylic acids is 1. The third-order valence-electron chi connectivity index (χ3n) is 16.0. The fraction of sp³-hybridized carbons (Fsp3) is 0.792. The standard InChI is InChI=1S/C53H88N6O12/c1-14-42-53(10,65)46(61)35(6)58(23-18-17-19-38-30-59(56-55-38)24-22-37-28-54-40-21-16-15-20-39(37)40)29-31(2)26-51(8,64)48(71-50-44(60)41(57(11)12)25-32(3)67-50)33(4)45(34(5)49(63)69-42)70-43-27-52(9,66-13)47(62)36(7)68-43/h15-16,20-21,28,30-36,41-48,50,54,60-62,64-65H,14,17-19,22-27,29H2,1-13H3/t31-,32-,33+,34-,35-,36+,41+,42-,43+,44-,45+,46-,47+,48-,50+,51-,52-,53-/m1/s1. The van der Waals surface area contributed by atoms with Crippen molar-refractivity contribution in [3.63, 3.8) is 0 Å². The van der Waals surface area contributed by atoms with E-state index >= 15 is 0 Å². The van der Waals surface area contributed by atoms with Crippen molar-refractivity contribution in [2.45, 2.75) is 217 Å². The van der Waals surface area contributed by atoms with Gasteiger partial charge in [0.05, 0.1) is 47.2 Å². The molecular formula is C53H88N6O12. The molecule has 402 valence electrons. The molecule has 6 N–H and O–H groups in total. The highest BCUT2D eigenvalue weighted by atomic mass is 16.7. The summed E-state index contributed by atoms with van der Waals surface area (Å²) < 4.78 is 40.2. The largest absolute Gasteiger partial charge is 0.459 e. The number of para-hydroxylation sites is 1. The molecule has 0 spiro atoms. The molecule has 5 heterocycles. The Balaban J connectivity index is 1.27. The van der Waals surface area contributed by atoms with Crippen molar-refractivity contribution >= 4 is 16.9 Å². The quantitative estimate of drug-likeness (QED) is 0.0903. The van der Waals surface area contributed by atoms with Gasteiger partial charge in [0.15, 0.2) is 12.6 Å². The van der Waals surface area contributed by atoms with Crippen LogP contribution in [0.15, 0.2) is 36.7 Å². The van der Waals surface area contributed by atoms with Gasteiger partial charge < -0.3 is 63.8 Å². The third kappa shape index (κ3) is 13.4. The van der Waals surface area contributed by atoms with Gasteiger partial charge in [0.25, 0.3) is 0 Å².